The minimum atomic E-state index is -0.964. The Bertz CT molecular complexity index is 1180. The Hall–Kier alpha value is -3.16. The van der Waals surface area contributed by atoms with Gasteiger partial charge in [0.2, 0.25) is 5.89 Å². The van der Waals surface area contributed by atoms with Gasteiger partial charge in [0.15, 0.2) is 6.10 Å². The molecule has 0 fully saturated rings. The molecule has 0 aliphatic carbocycles. The predicted molar refractivity (Wildman–Crippen MR) is 120 cm³/mol. The molecule has 1 N–H and O–H groups in total. The summed E-state index contributed by atoms with van der Waals surface area (Å²) in [5.74, 6) is 1.21. The highest BCUT2D eigenvalue weighted by atomic mass is 32.1. The van der Waals surface area contributed by atoms with Crippen LogP contribution in [0.25, 0.3) is 21.5 Å². The number of rotatable bonds is 9. The van der Waals surface area contributed by atoms with E-state index in [-0.39, 0.29) is 0 Å². The fourth-order valence-corrected chi connectivity index (χ4v) is 4.50. The average Bonchev–Trinajstić information content (AvgIpc) is 3.36. The molecule has 1 atom stereocenters. The molecule has 2 aromatic carbocycles. The molecule has 160 valence electrons. The number of carbonyl (C=O) groups is 1. The molecule has 0 amide bonds. The van der Waals surface area contributed by atoms with Crippen LogP contribution in [0.15, 0.2) is 59.0 Å². The van der Waals surface area contributed by atoms with Crippen molar-refractivity contribution in [3.8, 4) is 17.2 Å². The minimum absolute atomic E-state index is 0.324. The smallest absolute Gasteiger partial charge is 0.333 e. The zero-order valence-corrected chi connectivity index (χ0v) is 18.1. The molecule has 0 saturated carbocycles. The number of fused-ring (bicyclic) bond motifs is 1. The van der Waals surface area contributed by atoms with Crippen molar-refractivity contribution < 1.29 is 23.8 Å². The van der Waals surface area contributed by atoms with Gasteiger partial charge in [0.05, 0.1) is 12.3 Å². The van der Waals surface area contributed by atoms with Crippen molar-refractivity contribution in [2.24, 2.45) is 0 Å². The largest absolute Gasteiger partial charge is 0.493 e. The van der Waals surface area contributed by atoms with E-state index in [4.69, 9.17) is 13.9 Å². The van der Waals surface area contributed by atoms with Crippen molar-refractivity contribution in [3.63, 3.8) is 0 Å². The lowest BCUT2D eigenvalue weighted by molar-refractivity contribution is -0.148. The number of methoxy groups -OCH3 is 1. The van der Waals surface area contributed by atoms with Gasteiger partial charge in [0.25, 0.3) is 0 Å². The van der Waals surface area contributed by atoms with Gasteiger partial charge in [-0.15, -0.1) is 11.3 Å². The lowest BCUT2D eigenvalue weighted by atomic mass is 10.2. The molecule has 0 radical (unpaired) electrons. The van der Waals surface area contributed by atoms with Gasteiger partial charge < -0.3 is 19.0 Å². The van der Waals surface area contributed by atoms with Gasteiger partial charge in [-0.1, -0.05) is 24.3 Å². The number of benzene rings is 2. The van der Waals surface area contributed by atoms with Gasteiger partial charge in [-0.05, 0) is 37.3 Å². The van der Waals surface area contributed by atoms with Gasteiger partial charge in [0, 0.05) is 40.5 Å². The second kappa shape index (κ2) is 9.32. The van der Waals surface area contributed by atoms with E-state index in [9.17, 15) is 9.90 Å². The molecule has 0 aliphatic heterocycles. The number of aryl methyl sites for hydroxylation is 1. The van der Waals surface area contributed by atoms with Crippen molar-refractivity contribution in [3.05, 3.63) is 70.9 Å². The third-order valence-corrected chi connectivity index (χ3v) is 6.15. The number of oxazole rings is 1. The summed E-state index contributed by atoms with van der Waals surface area (Å²) in [6.07, 6.45) is 0.0945. The van der Waals surface area contributed by atoms with Gasteiger partial charge in [0.1, 0.15) is 11.5 Å². The Morgan fingerprint density at radius 3 is 2.74 bits per heavy atom. The first-order chi connectivity index (χ1) is 15.0. The highest BCUT2D eigenvalue weighted by Crippen LogP contribution is 2.34. The van der Waals surface area contributed by atoms with Crippen LogP contribution in [0.1, 0.15) is 16.3 Å². The van der Waals surface area contributed by atoms with Crippen LogP contribution in [0.3, 0.4) is 0 Å². The van der Waals surface area contributed by atoms with Crippen LogP contribution in [0.5, 0.6) is 5.75 Å². The summed E-state index contributed by atoms with van der Waals surface area (Å²) in [4.78, 5) is 16.8. The highest BCUT2D eigenvalue weighted by Gasteiger charge is 2.19. The fraction of sp³-hybridized carbons (Fsp3) is 0.250. The van der Waals surface area contributed by atoms with Crippen LogP contribution < -0.4 is 4.74 Å². The molecule has 4 aromatic rings. The molecule has 0 saturated heterocycles. The summed E-state index contributed by atoms with van der Waals surface area (Å²) in [5, 5.41) is 10.2. The molecule has 2 heterocycles. The first-order valence-corrected chi connectivity index (χ1v) is 10.8. The van der Waals surface area contributed by atoms with E-state index in [0.29, 0.717) is 25.3 Å². The maximum Gasteiger partial charge on any atom is 0.333 e. The van der Waals surface area contributed by atoms with Gasteiger partial charge in [-0.3, -0.25) is 0 Å². The van der Waals surface area contributed by atoms with Crippen LogP contribution >= 0.6 is 11.3 Å². The zero-order chi connectivity index (χ0) is 21.8. The number of hydrogen-bond donors (Lipinski definition) is 1. The second-order valence-electron chi connectivity index (χ2n) is 7.13. The number of hydrogen-bond acceptors (Lipinski definition) is 6. The summed E-state index contributed by atoms with van der Waals surface area (Å²) in [6.45, 7) is 2.37. The molecule has 2 aromatic heterocycles. The maximum atomic E-state index is 11.3. The molecule has 7 heteroatoms. The van der Waals surface area contributed by atoms with Crippen LogP contribution in [0, 0.1) is 6.92 Å². The molecule has 0 bridgehead atoms. The van der Waals surface area contributed by atoms with Gasteiger partial charge >= 0.3 is 5.97 Å². The van der Waals surface area contributed by atoms with Crippen molar-refractivity contribution >= 4 is 27.4 Å². The Morgan fingerprint density at radius 2 is 2.00 bits per heavy atom. The summed E-state index contributed by atoms with van der Waals surface area (Å²) in [7, 11) is 1.41. The SMILES string of the molecule is COC(Cc1cc2c(OCCc3nc(-c4ccccc4)oc3C)cccc2s1)C(=O)O. The molecule has 1 unspecified atom stereocenters. The Balaban J connectivity index is 1.45. The topological polar surface area (TPSA) is 81.8 Å². The third kappa shape index (κ3) is 4.78. The van der Waals surface area contributed by atoms with Crippen molar-refractivity contribution in [1.82, 2.24) is 4.98 Å². The average molecular weight is 438 g/mol. The monoisotopic (exact) mass is 437 g/mol. The zero-order valence-electron chi connectivity index (χ0n) is 17.3. The van der Waals surface area contributed by atoms with Gasteiger partial charge in [-0.2, -0.15) is 0 Å². The predicted octanol–water partition coefficient (Wildman–Crippen LogP) is 5.13. The molecule has 6 nitrogen and oxygen atoms in total. The molecular weight excluding hydrogens is 414 g/mol. The Morgan fingerprint density at radius 1 is 1.19 bits per heavy atom. The first kappa shape index (κ1) is 21.1. The molecule has 0 aliphatic rings. The second-order valence-corrected chi connectivity index (χ2v) is 8.30. The third-order valence-electron chi connectivity index (χ3n) is 5.03. The number of aromatic nitrogens is 1. The highest BCUT2D eigenvalue weighted by molar-refractivity contribution is 7.19. The van der Waals surface area contributed by atoms with Crippen LogP contribution in [-0.4, -0.2) is 35.9 Å². The van der Waals surface area contributed by atoms with Crippen molar-refractivity contribution in [2.45, 2.75) is 25.9 Å². The van der Waals surface area contributed by atoms with E-state index in [1.54, 1.807) is 11.3 Å². The van der Waals surface area contributed by atoms with E-state index in [1.807, 2.05) is 61.5 Å². The van der Waals surface area contributed by atoms with E-state index < -0.39 is 12.1 Å². The standard InChI is InChI=1S/C24H23NO5S/c1-15-19(25-23(30-15)16-7-4-3-5-8-16)11-12-29-20-9-6-10-22-18(20)13-17(31-22)14-21(28-2)24(26)27/h3-10,13,21H,11-12,14H2,1-2H3,(H,26,27). The molecule has 4 rings (SSSR count). The summed E-state index contributed by atoms with van der Waals surface area (Å²) in [6, 6.07) is 17.7. The summed E-state index contributed by atoms with van der Waals surface area (Å²) in [5.41, 5.74) is 1.82. The van der Waals surface area contributed by atoms with Crippen LogP contribution in [-0.2, 0) is 22.4 Å². The van der Waals surface area contributed by atoms with Crippen molar-refractivity contribution in [1.29, 1.82) is 0 Å². The Kier molecular flexibility index (Phi) is 6.34. The van der Waals surface area contributed by atoms with Crippen LogP contribution in [0.2, 0.25) is 0 Å². The van der Waals surface area contributed by atoms with Gasteiger partial charge in [-0.25, -0.2) is 9.78 Å². The number of ether oxygens (including phenoxy) is 2. The summed E-state index contributed by atoms with van der Waals surface area (Å²) >= 11 is 1.56. The van der Waals surface area contributed by atoms with Crippen molar-refractivity contribution in [2.75, 3.05) is 13.7 Å². The number of aliphatic carboxylic acids is 1. The van der Waals surface area contributed by atoms with E-state index in [0.717, 1.165) is 37.7 Å². The minimum Gasteiger partial charge on any atom is -0.493 e. The quantitative estimate of drug-likeness (QED) is 0.391. The van der Waals surface area contributed by atoms with E-state index >= 15 is 0 Å². The first-order valence-electron chi connectivity index (χ1n) is 9.96. The lowest BCUT2D eigenvalue weighted by Crippen LogP contribution is -2.24. The number of nitrogens with zero attached hydrogens (tertiary/aromatic N) is 1. The normalized spacial score (nSPS) is 12.2. The number of carboxylic acid groups (broad SMARTS) is 1. The van der Waals surface area contributed by atoms with Crippen LogP contribution in [0.4, 0.5) is 0 Å². The molecular formula is C24H23NO5S. The lowest BCUT2D eigenvalue weighted by Gasteiger charge is -2.08. The molecule has 0 spiro atoms. The maximum absolute atomic E-state index is 11.3. The fourth-order valence-electron chi connectivity index (χ4n) is 3.39. The number of carboxylic acids is 1. The van der Waals surface area contributed by atoms with E-state index in [2.05, 4.69) is 4.98 Å². The number of thiophene rings is 1. The van der Waals surface area contributed by atoms with E-state index in [1.165, 1.54) is 7.11 Å². The summed E-state index contributed by atoms with van der Waals surface area (Å²) < 4.78 is 18.0. The Labute approximate surface area is 184 Å². The molecule has 31 heavy (non-hydrogen) atoms.